The predicted molar refractivity (Wildman–Crippen MR) is 135 cm³/mol. The molecule has 0 saturated carbocycles. The molecule has 0 fully saturated rings. The van der Waals surface area contributed by atoms with Crippen LogP contribution < -0.4 is 5.32 Å². The molecule has 4 amide bonds. The minimum absolute atomic E-state index is 0.132. The highest BCUT2D eigenvalue weighted by molar-refractivity contribution is 6.21. The summed E-state index contributed by atoms with van der Waals surface area (Å²) in [5.41, 5.74) is 2.83. The summed E-state index contributed by atoms with van der Waals surface area (Å²) >= 11 is 0. The number of hydrogen-bond acceptors (Lipinski definition) is 4. The summed E-state index contributed by atoms with van der Waals surface area (Å²) in [6.07, 6.45) is 0.950. The third-order valence-electron chi connectivity index (χ3n) is 6.32. The maximum absolute atomic E-state index is 13.4. The Balaban J connectivity index is 1.71. The molecule has 0 aliphatic carbocycles. The Morgan fingerprint density at radius 2 is 1.57 bits per heavy atom. The first-order valence-corrected chi connectivity index (χ1v) is 12.3. The Kier molecular flexibility index (Phi) is 8.79. The van der Waals surface area contributed by atoms with Gasteiger partial charge in [-0.2, -0.15) is 0 Å². The van der Waals surface area contributed by atoms with Gasteiger partial charge in [0.05, 0.1) is 11.1 Å². The van der Waals surface area contributed by atoms with Crippen molar-refractivity contribution in [2.24, 2.45) is 5.92 Å². The molecule has 186 valence electrons. The van der Waals surface area contributed by atoms with Crippen molar-refractivity contribution in [1.82, 2.24) is 15.1 Å². The van der Waals surface area contributed by atoms with E-state index in [1.165, 1.54) is 4.90 Å². The van der Waals surface area contributed by atoms with Crippen molar-refractivity contribution in [1.29, 1.82) is 0 Å². The smallest absolute Gasteiger partial charge is 0.261 e. The lowest BCUT2D eigenvalue weighted by atomic mass is 10.0. The summed E-state index contributed by atoms with van der Waals surface area (Å²) in [6, 6.07) is 14.0. The predicted octanol–water partition coefficient (Wildman–Crippen LogP) is 3.95. The van der Waals surface area contributed by atoms with Gasteiger partial charge >= 0.3 is 0 Å². The topological polar surface area (TPSA) is 86.8 Å². The quantitative estimate of drug-likeness (QED) is 0.497. The second kappa shape index (κ2) is 11.8. The molecule has 0 spiro atoms. The lowest BCUT2D eigenvalue weighted by Gasteiger charge is -2.31. The van der Waals surface area contributed by atoms with Crippen LogP contribution in [-0.2, 0) is 16.1 Å². The summed E-state index contributed by atoms with van der Waals surface area (Å²) in [5, 5.41) is 2.96. The van der Waals surface area contributed by atoms with Gasteiger partial charge in [0.25, 0.3) is 11.8 Å². The molecule has 1 heterocycles. The number of fused-ring (bicyclic) bond motifs is 1. The second-order valence-electron chi connectivity index (χ2n) is 9.42. The molecule has 1 aliphatic rings. The number of nitrogens with zero attached hydrogens (tertiary/aromatic N) is 2. The maximum Gasteiger partial charge on any atom is 0.261 e. The van der Waals surface area contributed by atoms with Crippen LogP contribution in [0.4, 0.5) is 0 Å². The van der Waals surface area contributed by atoms with Crippen LogP contribution in [0.3, 0.4) is 0 Å². The molecule has 35 heavy (non-hydrogen) atoms. The zero-order valence-electron chi connectivity index (χ0n) is 21.0. The largest absolute Gasteiger partial charge is 0.354 e. The highest BCUT2D eigenvalue weighted by Crippen LogP contribution is 2.23. The average molecular weight is 478 g/mol. The second-order valence-corrected chi connectivity index (χ2v) is 9.42. The molecular weight excluding hydrogens is 442 g/mol. The van der Waals surface area contributed by atoms with Gasteiger partial charge in [-0.1, -0.05) is 57.2 Å². The van der Waals surface area contributed by atoms with Gasteiger partial charge in [0.1, 0.15) is 6.04 Å². The summed E-state index contributed by atoms with van der Waals surface area (Å²) in [6.45, 7) is 8.96. The molecule has 1 aliphatic heterocycles. The van der Waals surface area contributed by atoms with E-state index < -0.39 is 6.04 Å². The van der Waals surface area contributed by atoms with Crippen molar-refractivity contribution >= 4 is 23.6 Å². The van der Waals surface area contributed by atoms with Gasteiger partial charge in [0.15, 0.2) is 0 Å². The van der Waals surface area contributed by atoms with Gasteiger partial charge in [-0.05, 0) is 48.9 Å². The van der Waals surface area contributed by atoms with Crippen LogP contribution in [0.15, 0.2) is 48.5 Å². The Labute approximate surface area is 207 Å². The number of rotatable bonds is 11. The number of aryl methyl sites for hydroxylation is 1. The molecule has 0 saturated heterocycles. The van der Waals surface area contributed by atoms with Gasteiger partial charge < -0.3 is 10.2 Å². The van der Waals surface area contributed by atoms with Gasteiger partial charge in [0.2, 0.25) is 11.8 Å². The molecular formula is C28H35N3O4. The molecule has 7 heteroatoms. The minimum Gasteiger partial charge on any atom is -0.354 e. The lowest BCUT2D eigenvalue weighted by Crippen LogP contribution is -2.49. The standard InChI is InChI=1S/C28H35N3O4/c1-5-24(26(33)29-17-19(2)3)31(18-21-12-7-6-11-20(21)4)25(32)15-10-16-30-27(34)22-13-8-9-14-23(22)28(30)35/h6-9,11-14,19,24H,5,10,15-18H2,1-4H3,(H,29,33)/t24-/m1/s1. The number of imide groups is 1. The number of hydrogen-bond donors (Lipinski definition) is 1. The van der Waals surface area contributed by atoms with Crippen LogP contribution in [0.25, 0.3) is 0 Å². The Bertz CT molecular complexity index is 1060. The molecule has 2 aromatic carbocycles. The molecule has 1 atom stereocenters. The lowest BCUT2D eigenvalue weighted by molar-refractivity contribution is -0.141. The highest BCUT2D eigenvalue weighted by Gasteiger charge is 2.35. The van der Waals surface area contributed by atoms with E-state index in [-0.39, 0.29) is 36.6 Å². The fraction of sp³-hybridized carbons (Fsp3) is 0.429. The van der Waals surface area contributed by atoms with Crippen molar-refractivity contribution in [3.63, 3.8) is 0 Å². The summed E-state index contributed by atoms with van der Waals surface area (Å²) < 4.78 is 0. The van der Waals surface area contributed by atoms with Gasteiger partial charge in [-0.3, -0.25) is 24.1 Å². The van der Waals surface area contributed by atoms with E-state index in [9.17, 15) is 19.2 Å². The number of benzene rings is 2. The number of carbonyl (C=O) groups excluding carboxylic acids is 4. The monoisotopic (exact) mass is 477 g/mol. The normalized spacial score (nSPS) is 13.7. The van der Waals surface area contributed by atoms with Gasteiger partial charge in [-0.15, -0.1) is 0 Å². The molecule has 7 nitrogen and oxygen atoms in total. The van der Waals surface area contributed by atoms with E-state index >= 15 is 0 Å². The van der Waals surface area contributed by atoms with Crippen LogP contribution in [0.1, 0.15) is 71.9 Å². The van der Waals surface area contributed by atoms with E-state index in [0.29, 0.717) is 43.0 Å². The molecule has 0 radical (unpaired) electrons. The number of amides is 4. The summed E-state index contributed by atoms with van der Waals surface area (Å²) in [4.78, 5) is 54.5. The molecule has 3 rings (SSSR count). The molecule has 1 N–H and O–H groups in total. The van der Waals surface area contributed by atoms with Gasteiger partial charge in [-0.25, -0.2) is 0 Å². The molecule has 2 aromatic rings. The van der Waals surface area contributed by atoms with Crippen molar-refractivity contribution < 1.29 is 19.2 Å². The minimum atomic E-state index is -0.597. The van der Waals surface area contributed by atoms with Crippen molar-refractivity contribution in [2.45, 2.75) is 59.5 Å². The number of nitrogens with one attached hydrogen (secondary N) is 1. The highest BCUT2D eigenvalue weighted by atomic mass is 16.2. The third kappa shape index (κ3) is 6.15. The van der Waals surface area contributed by atoms with Crippen LogP contribution in [0, 0.1) is 12.8 Å². The van der Waals surface area contributed by atoms with E-state index in [2.05, 4.69) is 5.32 Å². The SMILES string of the molecule is CC[C@H](C(=O)NCC(C)C)N(Cc1ccccc1C)C(=O)CCCN1C(=O)c2ccccc2C1=O. The zero-order chi connectivity index (χ0) is 25.5. The van der Waals surface area contributed by atoms with Crippen molar-refractivity contribution in [3.05, 3.63) is 70.8 Å². The van der Waals surface area contributed by atoms with Crippen LogP contribution in [-0.4, -0.2) is 52.6 Å². The van der Waals surface area contributed by atoms with Crippen LogP contribution in [0.2, 0.25) is 0 Å². The van der Waals surface area contributed by atoms with E-state index in [1.54, 1.807) is 29.2 Å². The van der Waals surface area contributed by atoms with E-state index in [1.807, 2.05) is 52.0 Å². The first-order chi connectivity index (χ1) is 16.7. The van der Waals surface area contributed by atoms with Crippen LogP contribution in [0.5, 0.6) is 0 Å². The fourth-order valence-electron chi connectivity index (χ4n) is 4.29. The Hall–Kier alpha value is -3.48. The Morgan fingerprint density at radius 1 is 0.971 bits per heavy atom. The number of carbonyl (C=O) groups is 4. The summed E-state index contributed by atoms with van der Waals surface area (Å²) in [7, 11) is 0. The third-order valence-corrected chi connectivity index (χ3v) is 6.32. The molecule has 0 aromatic heterocycles. The van der Waals surface area contributed by atoms with E-state index in [0.717, 1.165) is 11.1 Å². The summed E-state index contributed by atoms with van der Waals surface area (Å²) in [5.74, 6) is -0.680. The first-order valence-electron chi connectivity index (χ1n) is 12.3. The van der Waals surface area contributed by atoms with Gasteiger partial charge in [0, 0.05) is 26.1 Å². The first kappa shape index (κ1) is 26.1. The van der Waals surface area contributed by atoms with E-state index in [4.69, 9.17) is 0 Å². The maximum atomic E-state index is 13.4. The van der Waals surface area contributed by atoms with Crippen molar-refractivity contribution in [3.8, 4) is 0 Å². The van der Waals surface area contributed by atoms with Crippen LogP contribution >= 0.6 is 0 Å². The Morgan fingerprint density at radius 3 is 2.14 bits per heavy atom. The molecule has 0 bridgehead atoms. The zero-order valence-corrected chi connectivity index (χ0v) is 21.0. The molecule has 0 unspecified atom stereocenters. The fourth-order valence-corrected chi connectivity index (χ4v) is 4.29. The van der Waals surface area contributed by atoms with Crippen molar-refractivity contribution in [2.75, 3.05) is 13.1 Å². The average Bonchev–Trinajstić information content (AvgIpc) is 3.08.